The molecule has 0 amide bonds. The lowest BCUT2D eigenvalue weighted by Crippen LogP contribution is -2.48. The average Bonchev–Trinajstić information content (AvgIpc) is 3.10. The predicted molar refractivity (Wildman–Crippen MR) is 98.8 cm³/mol. The highest BCUT2D eigenvalue weighted by atomic mass is 32.2. The number of benzene rings is 2. The Morgan fingerprint density at radius 1 is 1.18 bits per heavy atom. The fourth-order valence-electron chi connectivity index (χ4n) is 3.02. The van der Waals surface area contributed by atoms with Crippen LogP contribution in [-0.4, -0.2) is 42.6 Å². The number of ether oxygens (including phenoxy) is 1. The van der Waals surface area contributed by atoms with Crippen LogP contribution in [0.4, 0.5) is 4.39 Å². The maximum absolute atomic E-state index is 13.9. The highest BCUT2D eigenvalue weighted by Gasteiger charge is 2.41. The van der Waals surface area contributed by atoms with Crippen LogP contribution in [0.15, 0.2) is 57.9 Å². The minimum atomic E-state index is -3.69. The van der Waals surface area contributed by atoms with Crippen LogP contribution in [0.25, 0.3) is 11.4 Å². The van der Waals surface area contributed by atoms with E-state index in [1.54, 1.807) is 43.3 Å². The molecule has 0 unspecified atom stereocenters. The van der Waals surface area contributed by atoms with Gasteiger partial charge in [-0.05, 0) is 31.2 Å². The molecule has 28 heavy (non-hydrogen) atoms. The molecule has 0 N–H and O–H groups in total. The SMILES string of the molecule is CCOc1ccccc1S(=O)(=O)N1CC(c2nc(-c3ccccc3F)no2)C1. The Hall–Kier alpha value is -2.78. The number of halogens is 1. The van der Waals surface area contributed by atoms with Gasteiger partial charge in [0.2, 0.25) is 21.7 Å². The number of hydrogen-bond donors (Lipinski definition) is 0. The van der Waals surface area contributed by atoms with Crippen molar-refractivity contribution in [3.05, 3.63) is 60.2 Å². The maximum Gasteiger partial charge on any atom is 0.246 e. The van der Waals surface area contributed by atoms with E-state index in [0.29, 0.717) is 18.2 Å². The summed E-state index contributed by atoms with van der Waals surface area (Å²) in [7, 11) is -3.69. The van der Waals surface area contributed by atoms with E-state index in [1.807, 2.05) is 0 Å². The molecule has 1 saturated heterocycles. The largest absolute Gasteiger partial charge is 0.492 e. The second-order valence-corrected chi connectivity index (χ2v) is 8.24. The normalized spacial score (nSPS) is 15.4. The Balaban J connectivity index is 1.50. The molecule has 2 heterocycles. The molecule has 0 radical (unpaired) electrons. The number of para-hydroxylation sites is 1. The van der Waals surface area contributed by atoms with Gasteiger partial charge in [-0.15, -0.1) is 0 Å². The molecule has 4 rings (SSSR count). The second-order valence-electron chi connectivity index (χ2n) is 6.33. The molecule has 1 aliphatic rings. The van der Waals surface area contributed by atoms with Gasteiger partial charge in [-0.2, -0.15) is 9.29 Å². The Morgan fingerprint density at radius 2 is 1.89 bits per heavy atom. The van der Waals surface area contributed by atoms with Crippen molar-refractivity contribution in [2.24, 2.45) is 0 Å². The third-order valence-electron chi connectivity index (χ3n) is 4.52. The van der Waals surface area contributed by atoms with E-state index < -0.39 is 15.8 Å². The van der Waals surface area contributed by atoms with Crippen LogP contribution < -0.4 is 4.74 Å². The van der Waals surface area contributed by atoms with E-state index in [-0.39, 0.29) is 35.3 Å². The number of aromatic nitrogens is 2. The number of hydrogen-bond acceptors (Lipinski definition) is 6. The van der Waals surface area contributed by atoms with Gasteiger partial charge in [-0.1, -0.05) is 29.4 Å². The first kappa shape index (κ1) is 18.6. The van der Waals surface area contributed by atoms with Gasteiger partial charge in [-0.3, -0.25) is 0 Å². The third kappa shape index (κ3) is 3.27. The Morgan fingerprint density at radius 3 is 2.64 bits per heavy atom. The highest BCUT2D eigenvalue weighted by Crippen LogP contribution is 2.35. The molecule has 9 heteroatoms. The summed E-state index contributed by atoms with van der Waals surface area (Å²) in [6, 6.07) is 12.7. The molecule has 146 valence electrons. The zero-order valence-corrected chi connectivity index (χ0v) is 15.9. The Bertz CT molecular complexity index is 1090. The van der Waals surface area contributed by atoms with Crippen molar-refractivity contribution in [3.8, 4) is 17.1 Å². The molecule has 2 aromatic carbocycles. The van der Waals surface area contributed by atoms with E-state index in [4.69, 9.17) is 9.26 Å². The molecular formula is C19H18FN3O4S. The van der Waals surface area contributed by atoms with Crippen LogP contribution in [0, 0.1) is 5.82 Å². The summed E-state index contributed by atoms with van der Waals surface area (Å²) >= 11 is 0. The first-order valence-corrected chi connectivity index (χ1v) is 10.2. The number of sulfonamides is 1. The molecule has 0 spiro atoms. The highest BCUT2D eigenvalue weighted by molar-refractivity contribution is 7.89. The standard InChI is InChI=1S/C19H18FN3O4S/c1-2-26-16-9-5-6-10-17(16)28(24,25)23-11-13(12-23)19-21-18(22-27-19)14-7-3-4-8-15(14)20/h3-10,13H,2,11-12H2,1H3. The third-order valence-corrected chi connectivity index (χ3v) is 6.39. The van der Waals surface area contributed by atoms with Crippen molar-refractivity contribution >= 4 is 10.0 Å². The van der Waals surface area contributed by atoms with Gasteiger partial charge in [0.15, 0.2) is 0 Å². The van der Waals surface area contributed by atoms with Crippen LogP contribution in [0.2, 0.25) is 0 Å². The maximum atomic E-state index is 13.9. The Kier molecular flexibility index (Phi) is 4.86. The van der Waals surface area contributed by atoms with E-state index in [2.05, 4.69) is 10.1 Å². The zero-order chi connectivity index (χ0) is 19.7. The fraction of sp³-hybridized carbons (Fsp3) is 0.263. The summed E-state index contributed by atoms with van der Waals surface area (Å²) in [5.74, 6) is 0.0919. The summed E-state index contributed by atoms with van der Waals surface area (Å²) in [4.78, 5) is 4.37. The van der Waals surface area contributed by atoms with Crippen LogP contribution >= 0.6 is 0 Å². The van der Waals surface area contributed by atoms with Gasteiger partial charge in [-0.25, -0.2) is 12.8 Å². The van der Waals surface area contributed by atoms with Gasteiger partial charge in [0.05, 0.1) is 18.1 Å². The van der Waals surface area contributed by atoms with Crippen LogP contribution in [0.5, 0.6) is 5.75 Å². The molecule has 0 saturated carbocycles. The van der Waals surface area contributed by atoms with Gasteiger partial charge < -0.3 is 9.26 Å². The van der Waals surface area contributed by atoms with Crippen molar-refractivity contribution in [3.63, 3.8) is 0 Å². The van der Waals surface area contributed by atoms with Crippen LogP contribution in [0.3, 0.4) is 0 Å². The van der Waals surface area contributed by atoms with Gasteiger partial charge in [0, 0.05) is 13.1 Å². The van der Waals surface area contributed by atoms with Crippen molar-refractivity contribution in [2.45, 2.75) is 17.7 Å². The van der Waals surface area contributed by atoms with Crippen molar-refractivity contribution in [1.29, 1.82) is 0 Å². The lowest BCUT2D eigenvalue weighted by molar-refractivity contribution is 0.216. The van der Waals surface area contributed by atoms with Crippen LogP contribution in [-0.2, 0) is 10.0 Å². The summed E-state index contributed by atoms with van der Waals surface area (Å²) in [6.45, 7) is 2.59. The van der Waals surface area contributed by atoms with Gasteiger partial charge in [0.25, 0.3) is 0 Å². The summed E-state index contributed by atoms with van der Waals surface area (Å²) < 4.78 is 51.6. The van der Waals surface area contributed by atoms with Gasteiger partial charge in [0.1, 0.15) is 16.5 Å². The minimum absolute atomic E-state index is 0.132. The second kappa shape index (κ2) is 7.33. The summed E-state index contributed by atoms with van der Waals surface area (Å²) in [5.41, 5.74) is 0.243. The predicted octanol–water partition coefficient (Wildman–Crippen LogP) is 3.06. The van der Waals surface area contributed by atoms with E-state index in [1.165, 1.54) is 16.4 Å². The van der Waals surface area contributed by atoms with Gasteiger partial charge >= 0.3 is 0 Å². The first-order valence-electron chi connectivity index (χ1n) is 8.81. The molecule has 1 aromatic heterocycles. The molecular weight excluding hydrogens is 385 g/mol. The quantitative estimate of drug-likeness (QED) is 0.629. The molecule has 0 bridgehead atoms. The molecule has 0 atom stereocenters. The van der Waals surface area contributed by atoms with Crippen molar-refractivity contribution in [2.75, 3.05) is 19.7 Å². The average molecular weight is 403 g/mol. The van der Waals surface area contributed by atoms with E-state index >= 15 is 0 Å². The minimum Gasteiger partial charge on any atom is -0.492 e. The van der Waals surface area contributed by atoms with Crippen molar-refractivity contribution < 1.29 is 22.1 Å². The molecule has 3 aromatic rings. The van der Waals surface area contributed by atoms with E-state index in [9.17, 15) is 12.8 Å². The monoisotopic (exact) mass is 403 g/mol. The molecule has 1 aliphatic heterocycles. The molecule has 0 aliphatic carbocycles. The van der Waals surface area contributed by atoms with Crippen LogP contribution in [0.1, 0.15) is 18.7 Å². The molecule has 1 fully saturated rings. The smallest absolute Gasteiger partial charge is 0.246 e. The fourth-order valence-corrected chi connectivity index (χ4v) is 4.68. The number of rotatable bonds is 6. The summed E-state index contributed by atoms with van der Waals surface area (Å²) in [5, 5.41) is 3.82. The topological polar surface area (TPSA) is 85.5 Å². The van der Waals surface area contributed by atoms with Crippen molar-refractivity contribution in [1.82, 2.24) is 14.4 Å². The lowest BCUT2D eigenvalue weighted by Gasteiger charge is -2.36. The first-order chi connectivity index (χ1) is 13.5. The van der Waals surface area contributed by atoms with E-state index in [0.717, 1.165) is 0 Å². The Labute approximate surface area is 161 Å². The zero-order valence-electron chi connectivity index (χ0n) is 15.1. The lowest BCUT2D eigenvalue weighted by atomic mass is 10.0. The molecule has 7 nitrogen and oxygen atoms in total. The summed E-state index contributed by atoms with van der Waals surface area (Å²) in [6.07, 6.45) is 0. The number of nitrogens with zero attached hydrogens (tertiary/aromatic N) is 3.